The minimum Gasteiger partial charge on any atom is -0.505 e. The van der Waals surface area contributed by atoms with E-state index in [-0.39, 0.29) is 28.7 Å². The molecule has 1 aliphatic carbocycles. The van der Waals surface area contributed by atoms with Crippen LogP contribution in [-0.4, -0.2) is 5.11 Å². The van der Waals surface area contributed by atoms with Gasteiger partial charge in [-0.05, 0) is 40.8 Å². The summed E-state index contributed by atoms with van der Waals surface area (Å²) in [5.41, 5.74) is 6.39. The van der Waals surface area contributed by atoms with Gasteiger partial charge in [-0.1, -0.05) is 6.07 Å². The van der Waals surface area contributed by atoms with Crippen molar-refractivity contribution >= 4 is 28.3 Å². The van der Waals surface area contributed by atoms with Crippen LogP contribution in [0.2, 0.25) is 0 Å². The van der Waals surface area contributed by atoms with Gasteiger partial charge in [0.25, 0.3) is 0 Å². The number of phenolic OH excluding ortho intramolecular Hbond substituents is 1. The van der Waals surface area contributed by atoms with Crippen molar-refractivity contribution in [2.75, 3.05) is 0 Å². The largest absolute Gasteiger partial charge is 0.505 e. The Labute approximate surface area is 102 Å². The van der Waals surface area contributed by atoms with E-state index in [0.29, 0.717) is 11.5 Å². The number of halogens is 3. The molecule has 1 aromatic rings. The molecule has 0 radical (unpaired) electrons. The third-order valence-corrected chi connectivity index (χ3v) is 3.20. The van der Waals surface area contributed by atoms with E-state index in [2.05, 4.69) is 15.9 Å². The summed E-state index contributed by atoms with van der Waals surface area (Å²) in [7, 11) is 0. The molecule has 5 heteroatoms. The van der Waals surface area contributed by atoms with Gasteiger partial charge in [-0.25, -0.2) is 4.39 Å². The molecule has 0 aliphatic heterocycles. The minimum absolute atomic E-state index is 0. The molecular formula is C10H12BrClFNO. The fourth-order valence-electron chi connectivity index (χ4n) is 1.53. The van der Waals surface area contributed by atoms with Crippen LogP contribution in [0.4, 0.5) is 4.39 Å². The second kappa shape index (κ2) is 4.68. The maximum absolute atomic E-state index is 13.3. The van der Waals surface area contributed by atoms with Crippen LogP contribution in [0.1, 0.15) is 24.4 Å². The molecule has 2 rings (SSSR count). The predicted octanol–water partition coefficient (Wildman–Crippen LogP) is 3.13. The average molecular weight is 297 g/mol. The Hall–Kier alpha value is -0.320. The summed E-state index contributed by atoms with van der Waals surface area (Å²) < 4.78 is 13.5. The molecule has 1 aromatic carbocycles. The summed E-state index contributed by atoms with van der Waals surface area (Å²) in [5.74, 6) is -0.543. The van der Waals surface area contributed by atoms with Crippen molar-refractivity contribution in [3.8, 4) is 5.75 Å². The van der Waals surface area contributed by atoms with Gasteiger partial charge in [-0.15, -0.1) is 12.4 Å². The predicted molar refractivity (Wildman–Crippen MR) is 62.7 cm³/mol. The first kappa shape index (κ1) is 12.7. The number of hydrogen-bond donors (Lipinski definition) is 2. The molecule has 3 N–H and O–H groups in total. The van der Waals surface area contributed by atoms with Crippen LogP contribution in [-0.2, 0) is 0 Å². The van der Waals surface area contributed by atoms with Crippen molar-refractivity contribution < 1.29 is 9.50 Å². The standard InChI is InChI=1S/C10H11BrFNO.ClH/c11-7-4-3-6(10(14)8(7)12)9(13)5-1-2-5;/h3-5,9,14H,1-2,13H2;1H/t9-;/m0./s1. The van der Waals surface area contributed by atoms with Gasteiger partial charge in [0.15, 0.2) is 11.6 Å². The van der Waals surface area contributed by atoms with E-state index in [0.717, 1.165) is 12.8 Å². The van der Waals surface area contributed by atoms with E-state index in [1.807, 2.05) is 0 Å². The molecule has 0 unspecified atom stereocenters. The Morgan fingerprint density at radius 1 is 1.47 bits per heavy atom. The first-order valence-corrected chi connectivity index (χ1v) is 5.33. The zero-order valence-corrected chi connectivity index (χ0v) is 10.3. The van der Waals surface area contributed by atoms with Crippen LogP contribution in [0.15, 0.2) is 16.6 Å². The zero-order chi connectivity index (χ0) is 10.3. The Morgan fingerprint density at radius 3 is 2.60 bits per heavy atom. The van der Waals surface area contributed by atoms with Gasteiger partial charge in [0, 0.05) is 11.6 Å². The maximum atomic E-state index is 13.3. The van der Waals surface area contributed by atoms with Gasteiger partial charge >= 0.3 is 0 Å². The van der Waals surface area contributed by atoms with Gasteiger partial charge in [-0.2, -0.15) is 0 Å². The van der Waals surface area contributed by atoms with E-state index in [1.165, 1.54) is 0 Å². The fourth-order valence-corrected chi connectivity index (χ4v) is 1.85. The van der Waals surface area contributed by atoms with Crippen LogP contribution in [0.5, 0.6) is 5.75 Å². The van der Waals surface area contributed by atoms with Crippen molar-refractivity contribution in [3.63, 3.8) is 0 Å². The van der Waals surface area contributed by atoms with Crippen molar-refractivity contribution in [2.45, 2.75) is 18.9 Å². The van der Waals surface area contributed by atoms with Crippen LogP contribution < -0.4 is 5.73 Å². The number of hydrogen-bond acceptors (Lipinski definition) is 2. The lowest BCUT2D eigenvalue weighted by atomic mass is 10.0. The van der Waals surface area contributed by atoms with Crippen LogP contribution in [0.3, 0.4) is 0 Å². The molecule has 1 atom stereocenters. The first-order valence-electron chi connectivity index (χ1n) is 4.53. The molecule has 0 spiro atoms. The fraction of sp³-hybridized carbons (Fsp3) is 0.400. The van der Waals surface area contributed by atoms with Gasteiger partial charge in [0.05, 0.1) is 4.47 Å². The van der Waals surface area contributed by atoms with E-state index in [9.17, 15) is 9.50 Å². The molecule has 84 valence electrons. The Bertz CT molecular complexity index is 371. The summed E-state index contributed by atoms with van der Waals surface area (Å²) in [6, 6.07) is 3.01. The van der Waals surface area contributed by atoms with Crippen molar-refractivity contribution in [3.05, 3.63) is 28.0 Å². The molecule has 0 aromatic heterocycles. The highest BCUT2D eigenvalue weighted by molar-refractivity contribution is 9.10. The highest BCUT2D eigenvalue weighted by atomic mass is 79.9. The average Bonchev–Trinajstić information content (AvgIpc) is 2.97. The molecule has 0 bridgehead atoms. The lowest BCUT2D eigenvalue weighted by Crippen LogP contribution is -2.12. The normalized spacial score (nSPS) is 17.0. The third kappa shape index (κ3) is 2.44. The summed E-state index contributed by atoms with van der Waals surface area (Å²) in [6.07, 6.45) is 2.14. The highest BCUT2D eigenvalue weighted by Gasteiger charge is 2.31. The molecule has 1 aliphatic rings. The summed E-state index contributed by atoms with van der Waals surface area (Å²) in [6.45, 7) is 0. The number of benzene rings is 1. The SMILES string of the molecule is Cl.N[C@H](c1ccc(Br)c(F)c1O)C1CC1. The summed E-state index contributed by atoms with van der Waals surface area (Å²) >= 11 is 3.01. The monoisotopic (exact) mass is 295 g/mol. The second-order valence-corrected chi connectivity index (χ2v) is 4.52. The zero-order valence-electron chi connectivity index (χ0n) is 7.91. The van der Waals surface area contributed by atoms with E-state index >= 15 is 0 Å². The Kier molecular flexibility index (Phi) is 3.98. The highest BCUT2D eigenvalue weighted by Crippen LogP contribution is 2.43. The summed E-state index contributed by atoms with van der Waals surface area (Å²) in [4.78, 5) is 0. The Morgan fingerprint density at radius 2 is 2.07 bits per heavy atom. The van der Waals surface area contributed by atoms with E-state index in [4.69, 9.17) is 5.73 Å². The lowest BCUT2D eigenvalue weighted by molar-refractivity contribution is 0.415. The number of nitrogens with two attached hydrogens (primary N) is 1. The first-order chi connectivity index (χ1) is 6.61. The summed E-state index contributed by atoms with van der Waals surface area (Å²) in [5, 5.41) is 9.54. The van der Waals surface area contributed by atoms with Crippen LogP contribution >= 0.6 is 28.3 Å². The molecule has 0 saturated heterocycles. The molecule has 0 amide bonds. The smallest absolute Gasteiger partial charge is 0.179 e. The molecule has 0 heterocycles. The molecule has 1 fully saturated rings. The molecule has 2 nitrogen and oxygen atoms in total. The molecule has 15 heavy (non-hydrogen) atoms. The van der Waals surface area contributed by atoms with Gasteiger partial charge in [0.1, 0.15) is 0 Å². The van der Waals surface area contributed by atoms with Gasteiger partial charge in [0.2, 0.25) is 0 Å². The molecule has 1 saturated carbocycles. The number of rotatable bonds is 2. The van der Waals surface area contributed by atoms with Crippen molar-refractivity contribution in [1.82, 2.24) is 0 Å². The second-order valence-electron chi connectivity index (χ2n) is 3.66. The van der Waals surface area contributed by atoms with Gasteiger partial charge < -0.3 is 10.8 Å². The van der Waals surface area contributed by atoms with Crippen LogP contribution in [0.25, 0.3) is 0 Å². The topological polar surface area (TPSA) is 46.2 Å². The van der Waals surface area contributed by atoms with Crippen molar-refractivity contribution in [1.29, 1.82) is 0 Å². The lowest BCUT2D eigenvalue weighted by Gasteiger charge is -2.13. The van der Waals surface area contributed by atoms with E-state index in [1.54, 1.807) is 12.1 Å². The molecular weight excluding hydrogens is 284 g/mol. The minimum atomic E-state index is -0.626. The Balaban J connectivity index is 0.00000112. The number of aromatic hydroxyl groups is 1. The van der Waals surface area contributed by atoms with Crippen LogP contribution in [0, 0.1) is 11.7 Å². The maximum Gasteiger partial charge on any atom is 0.179 e. The third-order valence-electron chi connectivity index (χ3n) is 2.59. The van der Waals surface area contributed by atoms with E-state index < -0.39 is 5.82 Å². The van der Waals surface area contributed by atoms with Crippen molar-refractivity contribution in [2.24, 2.45) is 11.7 Å². The number of phenols is 1. The van der Waals surface area contributed by atoms with Gasteiger partial charge in [-0.3, -0.25) is 0 Å². The quantitative estimate of drug-likeness (QED) is 0.881.